The first kappa shape index (κ1) is 24.4. The SMILES string of the molecule is O=C(Nc1ccc(-c2ccc(N3CCCCC3)nn2)cc1)c1ccc(S(=O)(=O)N2CCCCC2)cc1. The summed E-state index contributed by atoms with van der Waals surface area (Å²) in [6, 6.07) is 17.6. The third-order valence-electron chi connectivity index (χ3n) is 6.84. The Morgan fingerprint density at radius 2 is 1.36 bits per heavy atom. The summed E-state index contributed by atoms with van der Waals surface area (Å²) in [7, 11) is -3.52. The van der Waals surface area contributed by atoms with Crippen molar-refractivity contribution < 1.29 is 13.2 Å². The molecule has 5 rings (SSSR count). The molecule has 0 aliphatic carbocycles. The van der Waals surface area contributed by atoms with E-state index in [9.17, 15) is 13.2 Å². The van der Waals surface area contributed by atoms with E-state index in [-0.39, 0.29) is 10.8 Å². The van der Waals surface area contributed by atoms with Gasteiger partial charge in [-0.1, -0.05) is 18.6 Å². The summed E-state index contributed by atoms with van der Waals surface area (Å²) in [5, 5.41) is 11.7. The van der Waals surface area contributed by atoms with E-state index in [1.807, 2.05) is 36.4 Å². The van der Waals surface area contributed by atoms with Gasteiger partial charge < -0.3 is 10.2 Å². The molecule has 2 aliphatic rings. The van der Waals surface area contributed by atoms with Crippen molar-refractivity contribution in [1.29, 1.82) is 0 Å². The van der Waals surface area contributed by atoms with Gasteiger partial charge in [-0.2, -0.15) is 4.31 Å². The standard InChI is InChI=1S/C27H31N5O3S/c33-27(22-9-13-24(14-10-22)36(34,35)32-19-5-2-6-20-32)28-23-11-7-21(8-12-23)25-15-16-26(30-29-25)31-17-3-1-4-18-31/h7-16H,1-6,17-20H2,(H,28,33). The molecular formula is C27H31N5O3S. The minimum atomic E-state index is -3.52. The predicted molar refractivity (Wildman–Crippen MR) is 141 cm³/mol. The van der Waals surface area contributed by atoms with E-state index in [2.05, 4.69) is 20.4 Å². The summed E-state index contributed by atoms with van der Waals surface area (Å²) < 4.78 is 27.2. The van der Waals surface area contributed by atoms with Crippen LogP contribution in [0.15, 0.2) is 65.6 Å². The molecule has 188 valence electrons. The van der Waals surface area contributed by atoms with Gasteiger partial charge in [0.15, 0.2) is 5.82 Å². The molecular weight excluding hydrogens is 474 g/mol. The Labute approximate surface area is 212 Å². The fourth-order valence-electron chi connectivity index (χ4n) is 4.73. The number of hydrogen-bond donors (Lipinski definition) is 1. The van der Waals surface area contributed by atoms with Crippen LogP contribution in [-0.4, -0.2) is 55.0 Å². The molecule has 0 spiro atoms. The summed E-state index contributed by atoms with van der Waals surface area (Å²) in [5.74, 6) is 0.618. The molecule has 3 aromatic rings. The molecule has 0 atom stereocenters. The number of nitrogens with one attached hydrogen (secondary N) is 1. The molecule has 2 saturated heterocycles. The number of carbonyl (C=O) groups is 1. The second-order valence-corrected chi connectivity index (χ2v) is 11.3. The molecule has 1 amide bonds. The van der Waals surface area contributed by atoms with Crippen molar-refractivity contribution >= 4 is 27.4 Å². The number of carbonyl (C=O) groups excluding carboxylic acids is 1. The minimum Gasteiger partial charge on any atom is -0.355 e. The summed E-state index contributed by atoms with van der Waals surface area (Å²) in [5.41, 5.74) is 2.74. The molecule has 0 radical (unpaired) electrons. The highest BCUT2D eigenvalue weighted by molar-refractivity contribution is 7.89. The molecule has 0 bridgehead atoms. The first-order valence-corrected chi connectivity index (χ1v) is 14.1. The molecule has 2 fully saturated rings. The smallest absolute Gasteiger partial charge is 0.255 e. The van der Waals surface area contributed by atoms with Crippen LogP contribution >= 0.6 is 0 Å². The normalized spacial score (nSPS) is 17.1. The largest absolute Gasteiger partial charge is 0.355 e. The third kappa shape index (κ3) is 5.42. The Balaban J connectivity index is 1.21. The maximum absolute atomic E-state index is 12.8. The molecule has 9 heteroatoms. The number of hydrogen-bond acceptors (Lipinski definition) is 6. The first-order chi connectivity index (χ1) is 17.5. The summed E-state index contributed by atoms with van der Waals surface area (Å²) in [4.78, 5) is 15.2. The summed E-state index contributed by atoms with van der Waals surface area (Å²) >= 11 is 0. The van der Waals surface area contributed by atoms with E-state index >= 15 is 0 Å². The lowest BCUT2D eigenvalue weighted by molar-refractivity contribution is 0.102. The highest BCUT2D eigenvalue weighted by Gasteiger charge is 2.26. The monoisotopic (exact) mass is 505 g/mol. The molecule has 0 saturated carbocycles. The van der Waals surface area contributed by atoms with Gasteiger partial charge in [0.2, 0.25) is 10.0 Å². The topological polar surface area (TPSA) is 95.5 Å². The maximum Gasteiger partial charge on any atom is 0.255 e. The van der Waals surface area contributed by atoms with Crippen LogP contribution in [0.2, 0.25) is 0 Å². The highest BCUT2D eigenvalue weighted by Crippen LogP contribution is 2.24. The van der Waals surface area contributed by atoms with Crippen molar-refractivity contribution in [1.82, 2.24) is 14.5 Å². The number of piperidine rings is 2. The minimum absolute atomic E-state index is 0.220. The van der Waals surface area contributed by atoms with E-state index in [4.69, 9.17) is 0 Å². The molecule has 3 heterocycles. The van der Waals surface area contributed by atoms with Gasteiger partial charge in [-0.05, 0) is 80.6 Å². The lowest BCUT2D eigenvalue weighted by Crippen LogP contribution is -2.35. The van der Waals surface area contributed by atoms with E-state index in [0.717, 1.165) is 49.4 Å². The number of aromatic nitrogens is 2. The van der Waals surface area contributed by atoms with E-state index < -0.39 is 10.0 Å². The van der Waals surface area contributed by atoms with Gasteiger partial charge in [0, 0.05) is 43.0 Å². The van der Waals surface area contributed by atoms with Crippen molar-refractivity contribution in [2.24, 2.45) is 0 Å². The van der Waals surface area contributed by atoms with Crippen molar-refractivity contribution in [2.75, 3.05) is 36.4 Å². The van der Waals surface area contributed by atoms with Crippen molar-refractivity contribution in [3.63, 3.8) is 0 Å². The average molecular weight is 506 g/mol. The van der Waals surface area contributed by atoms with E-state index in [1.165, 1.54) is 35.7 Å². The quantitative estimate of drug-likeness (QED) is 0.528. The second-order valence-electron chi connectivity index (χ2n) is 9.35. The van der Waals surface area contributed by atoms with E-state index in [0.29, 0.717) is 24.3 Å². The van der Waals surface area contributed by atoms with Gasteiger partial charge in [0.1, 0.15) is 0 Å². The maximum atomic E-state index is 12.8. The molecule has 8 nitrogen and oxygen atoms in total. The third-order valence-corrected chi connectivity index (χ3v) is 8.75. The van der Waals surface area contributed by atoms with Gasteiger partial charge >= 0.3 is 0 Å². The number of rotatable bonds is 6. The zero-order valence-electron chi connectivity index (χ0n) is 20.3. The van der Waals surface area contributed by atoms with Gasteiger partial charge in [-0.25, -0.2) is 8.42 Å². The number of nitrogens with zero attached hydrogens (tertiary/aromatic N) is 4. The summed E-state index contributed by atoms with van der Waals surface area (Å²) in [6.45, 7) is 3.16. The van der Waals surface area contributed by atoms with Gasteiger partial charge in [0.05, 0.1) is 10.6 Å². The van der Waals surface area contributed by atoms with Crippen molar-refractivity contribution in [3.8, 4) is 11.3 Å². The van der Waals surface area contributed by atoms with Gasteiger partial charge in [-0.15, -0.1) is 10.2 Å². The van der Waals surface area contributed by atoms with Crippen LogP contribution in [0, 0.1) is 0 Å². The zero-order valence-corrected chi connectivity index (χ0v) is 21.1. The molecule has 0 unspecified atom stereocenters. The summed E-state index contributed by atoms with van der Waals surface area (Å²) in [6.07, 6.45) is 6.49. The number of amides is 1. The average Bonchev–Trinajstić information content (AvgIpc) is 2.94. The molecule has 1 N–H and O–H groups in total. The molecule has 1 aromatic heterocycles. The Kier molecular flexibility index (Phi) is 7.29. The lowest BCUT2D eigenvalue weighted by atomic mass is 10.1. The Bertz CT molecular complexity index is 1280. The van der Waals surface area contributed by atoms with Gasteiger partial charge in [0.25, 0.3) is 5.91 Å². The first-order valence-electron chi connectivity index (χ1n) is 12.6. The van der Waals surface area contributed by atoms with Crippen LogP contribution in [0.25, 0.3) is 11.3 Å². The van der Waals surface area contributed by atoms with Crippen LogP contribution in [0.5, 0.6) is 0 Å². The van der Waals surface area contributed by atoms with Crippen molar-refractivity contribution in [3.05, 3.63) is 66.2 Å². The highest BCUT2D eigenvalue weighted by atomic mass is 32.2. The van der Waals surface area contributed by atoms with Crippen LogP contribution in [0.4, 0.5) is 11.5 Å². The molecule has 36 heavy (non-hydrogen) atoms. The van der Waals surface area contributed by atoms with E-state index in [1.54, 1.807) is 12.1 Å². The zero-order chi connectivity index (χ0) is 25.0. The van der Waals surface area contributed by atoms with Crippen LogP contribution in [0.1, 0.15) is 48.9 Å². The molecule has 2 aromatic carbocycles. The van der Waals surface area contributed by atoms with Gasteiger partial charge in [-0.3, -0.25) is 4.79 Å². The lowest BCUT2D eigenvalue weighted by Gasteiger charge is -2.27. The fourth-order valence-corrected chi connectivity index (χ4v) is 6.25. The number of benzene rings is 2. The van der Waals surface area contributed by atoms with Crippen LogP contribution in [0.3, 0.4) is 0 Å². The predicted octanol–water partition coefficient (Wildman–Crippen LogP) is 4.56. The van der Waals surface area contributed by atoms with Crippen LogP contribution < -0.4 is 10.2 Å². The number of anilines is 2. The Morgan fingerprint density at radius 3 is 1.97 bits per heavy atom. The number of sulfonamides is 1. The molecule has 2 aliphatic heterocycles. The van der Waals surface area contributed by atoms with Crippen molar-refractivity contribution in [2.45, 2.75) is 43.4 Å². The Morgan fingerprint density at radius 1 is 0.722 bits per heavy atom. The Hall–Kier alpha value is -3.30. The second kappa shape index (κ2) is 10.8. The van der Waals surface area contributed by atoms with Crippen LogP contribution in [-0.2, 0) is 10.0 Å². The fraction of sp³-hybridized carbons (Fsp3) is 0.370.